The quantitative estimate of drug-likeness (QED) is 0.749. The number of amides is 2. The van der Waals surface area contributed by atoms with E-state index < -0.39 is 5.91 Å². The summed E-state index contributed by atoms with van der Waals surface area (Å²) in [6, 6.07) is 7.11. The second-order valence-corrected chi connectivity index (χ2v) is 3.59. The molecule has 1 aromatic rings. The van der Waals surface area contributed by atoms with Crippen LogP contribution >= 0.6 is 0 Å². The molecule has 0 saturated heterocycles. The van der Waals surface area contributed by atoms with E-state index in [-0.39, 0.29) is 12.5 Å². The number of hydrogen-bond donors (Lipinski definition) is 2. The van der Waals surface area contributed by atoms with Gasteiger partial charge in [0, 0.05) is 25.3 Å². The largest absolute Gasteiger partial charge is 0.378 e. The van der Waals surface area contributed by atoms with Gasteiger partial charge in [-0.2, -0.15) is 0 Å². The second-order valence-electron chi connectivity index (χ2n) is 3.59. The van der Waals surface area contributed by atoms with Crippen molar-refractivity contribution in [2.75, 3.05) is 25.5 Å². The summed E-state index contributed by atoms with van der Waals surface area (Å²) in [4.78, 5) is 24.0. The molecule has 3 N–H and O–H groups in total. The Balaban J connectivity index is 2.75. The molecule has 0 bridgehead atoms. The predicted molar refractivity (Wildman–Crippen MR) is 62.3 cm³/mol. The van der Waals surface area contributed by atoms with Gasteiger partial charge in [0.15, 0.2) is 0 Å². The minimum atomic E-state index is -0.558. The Bertz CT molecular complexity index is 402. The van der Waals surface area contributed by atoms with E-state index in [1.165, 1.54) is 0 Å². The van der Waals surface area contributed by atoms with Crippen LogP contribution in [0.1, 0.15) is 10.4 Å². The zero-order valence-corrected chi connectivity index (χ0v) is 9.36. The second kappa shape index (κ2) is 5.16. The van der Waals surface area contributed by atoms with Crippen molar-refractivity contribution in [2.45, 2.75) is 0 Å². The molecule has 1 aromatic carbocycles. The normalized spacial score (nSPS) is 9.62. The lowest BCUT2D eigenvalue weighted by Gasteiger charge is -2.13. The van der Waals surface area contributed by atoms with E-state index in [0.29, 0.717) is 5.56 Å². The zero-order chi connectivity index (χ0) is 12.1. The van der Waals surface area contributed by atoms with Crippen LogP contribution in [0.3, 0.4) is 0 Å². The van der Waals surface area contributed by atoms with Crippen molar-refractivity contribution < 1.29 is 9.59 Å². The number of nitrogens with two attached hydrogens (primary N) is 1. The highest BCUT2D eigenvalue weighted by atomic mass is 16.2. The highest BCUT2D eigenvalue weighted by Gasteiger charge is 2.07. The molecule has 0 fully saturated rings. The molecular weight excluding hydrogens is 206 g/mol. The molecule has 5 heteroatoms. The molecule has 16 heavy (non-hydrogen) atoms. The molecule has 0 aromatic heterocycles. The summed E-state index contributed by atoms with van der Waals surface area (Å²) in [7, 11) is 3.78. The Morgan fingerprint density at radius 3 is 2.62 bits per heavy atom. The smallest absolute Gasteiger partial charge is 0.251 e. The summed E-state index contributed by atoms with van der Waals surface area (Å²) >= 11 is 0. The van der Waals surface area contributed by atoms with Gasteiger partial charge in [0.2, 0.25) is 5.91 Å². The van der Waals surface area contributed by atoms with Crippen molar-refractivity contribution in [1.29, 1.82) is 0 Å². The lowest BCUT2D eigenvalue weighted by Crippen LogP contribution is -2.33. The predicted octanol–water partition coefficient (Wildman–Crippen LogP) is -0.0323. The van der Waals surface area contributed by atoms with E-state index in [4.69, 9.17) is 5.73 Å². The van der Waals surface area contributed by atoms with Gasteiger partial charge >= 0.3 is 0 Å². The van der Waals surface area contributed by atoms with Crippen molar-refractivity contribution in [3.05, 3.63) is 29.8 Å². The first-order chi connectivity index (χ1) is 7.50. The van der Waals surface area contributed by atoms with Crippen LogP contribution in [0.5, 0.6) is 0 Å². The summed E-state index contributed by atoms with van der Waals surface area (Å²) in [5.41, 5.74) is 6.36. The maximum Gasteiger partial charge on any atom is 0.251 e. The topological polar surface area (TPSA) is 75.4 Å². The number of nitrogens with zero attached hydrogens (tertiary/aromatic N) is 1. The van der Waals surface area contributed by atoms with Crippen LogP contribution in [-0.4, -0.2) is 32.5 Å². The van der Waals surface area contributed by atoms with Gasteiger partial charge in [-0.3, -0.25) is 9.59 Å². The first kappa shape index (κ1) is 12.0. The molecular formula is C11H15N3O2. The third-order valence-electron chi connectivity index (χ3n) is 2.05. The molecule has 0 heterocycles. The van der Waals surface area contributed by atoms with Gasteiger partial charge in [-0.05, 0) is 18.2 Å². The van der Waals surface area contributed by atoms with E-state index in [2.05, 4.69) is 5.32 Å². The highest BCUT2D eigenvalue weighted by molar-refractivity contribution is 5.97. The molecule has 0 aliphatic carbocycles. The minimum Gasteiger partial charge on any atom is -0.378 e. The van der Waals surface area contributed by atoms with Crippen molar-refractivity contribution >= 4 is 17.5 Å². The summed E-state index contributed by atoms with van der Waals surface area (Å²) in [6.45, 7) is -0.148. The highest BCUT2D eigenvalue weighted by Crippen LogP contribution is 2.12. The molecule has 0 aliphatic heterocycles. The van der Waals surface area contributed by atoms with E-state index in [1.807, 2.05) is 25.1 Å². The van der Waals surface area contributed by atoms with Crippen LogP contribution in [0.2, 0.25) is 0 Å². The van der Waals surface area contributed by atoms with Crippen LogP contribution in [0.25, 0.3) is 0 Å². The minimum absolute atomic E-state index is 0.148. The fourth-order valence-electron chi connectivity index (χ4n) is 1.19. The lowest BCUT2D eigenvalue weighted by molar-refractivity contribution is -0.117. The van der Waals surface area contributed by atoms with E-state index in [0.717, 1.165) is 5.69 Å². The fraction of sp³-hybridized carbons (Fsp3) is 0.273. The molecule has 0 spiro atoms. The Kier molecular flexibility index (Phi) is 3.88. The van der Waals surface area contributed by atoms with Gasteiger partial charge < -0.3 is 16.0 Å². The SMILES string of the molecule is CN(C)c1cccc(C(=O)NCC(N)=O)c1. The van der Waals surface area contributed by atoms with E-state index in [1.54, 1.807) is 18.2 Å². The number of primary amides is 1. The number of hydrogen-bond acceptors (Lipinski definition) is 3. The molecule has 0 atom stereocenters. The van der Waals surface area contributed by atoms with Crippen LogP contribution in [-0.2, 0) is 4.79 Å². The first-order valence-electron chi connectivity index (χ1n) is 4.84. The molecule has 1 rings (SSSR count). The molecule has 2 amide bonds. The van der Waals surface area contributed by atoms with Crippen LogP contribution in [0.15, 0.2) is 24.3 Å². The number of benzene rings is 1. The van der Waals surface area contributed by atoms with Gasteiger partial charge in [0.05, 0.1) is 6.54 Å². The monoisotopic (exact) mass is 221 g/mol. The molecule has 0 unspecified atom stereocenters. The summed E-state index contributed by atoms with van der Waals surface area (Å²) in [5, 5.41) is 2.43. The summed E-state index contributed by atoms with van der Waals surface area (Å²) in [6.07, 6.45) is 0. The number of carbonyl (C=O) groups is 2. The fourth-order valence-corrected chi connectivity index (χ4v) is 1.19. The van der Waals surface area contributed by atoms with Crippen molar-refractivity contribution in [3.63, 3.8) is 0 Å². The van der Waals surface area contributed by atoms with Crippen molar-refractivity contribution in [3.8, 4) is 0 Å². The Morgan fingerprint density at radius 2 is 2.06 bits per heavy atom. The number of rotatable bonds is 4. The van der Waals surface area contributed by atoms with Crippen LogP contribution in [0, 0.1) is 0 Å². The molecule has 5 nitrogen and oxygen atoms in total. The summed E-state index contributed by atoms with van der Waals surface area (Å²) < 4.78 is 0. The van der Waals surface area contributed by atoms with Crippen molar-refractivity contribution in [2.24, 2.45) is 5.73 Å². The zero-order valence-electron chi connectivity index (χ0n) is 9.36. The van der Waals surface area contributed by atoms with Gasteiger partial charge in [-0.25, -0.2) is 0 Å². The van der Waals surface area contributed by atoms with Gasteiger partial charge in [-0.1, -0.05) is 6.07 Å². The van der Waals surface area contributed by atoms with Gasteiger partial charge in [0.1, 0.15) is 0 Å². The Labute approximate surface area is 94.2 Å². The maximum atomic E-state index is 11.6. The number of carbonyl (C=O) groups excluding carboxylic acids is 2. The van der Waals surface area contributed by atoms with Gasteiger partial charge in [-0.15, -0.1) is 0 Å². The molecule has 0 radical (unpaired) electrons. The number of nitrogens with one attached hydrogen (secondary N) is 1. The lowest BCUT2D eigenvalue weighted by atomic mass is 10.2. The van der Waals surface area contributed by atoms with Gasteiger partial charge in [0.25, 0.3) is 5.91 Å². The van der Waals surface area contributed by atoms with E-state index >= 15 is 0 Å². The molecule has 86 valence electrons. The third-order valence-corrected chi connectivity index (χ3v) is 2.05. The Hall–Kier alpha value is -2.04. The standard InChI is InChI=1S/C11H15N3O2/c1-14(2)9-5-3-4-8(6-9)11(16)13-7-10(12)15/h3-6H,7H2,1-2H3,(H2,12,15)(H,13,16). The van der Waals surface area contributed by atoms with E-state index in [9.17, 15) is 9.59 Å². The maximum absolute atomic E-state index is 11.6. The number of anilines is 1. The average molecular weight is 221 g/mol. The Morgan fingerprint density at radius 1 is 1.38 bits per heavy atom. The molecule has 0 aliphatic rings. The average Bonchev–Trinajstić information content (AvgIpc) is 2.26. The third kappa shape index (κ3) is 3.27. The first-order valence-corrected chi connectivity index (χ1v) is 4.84. The van der Waals surface area contributed by atoms with Crippen LogP contribution in [0.4, 0.5) is 5.69 Å². The summed E-state index contributed by atoms with van der Waals surface area (Å²) in [5.74, 6) is -0.861. The molecule has 0 saturated carbocycles. The van der Waals surface area contributed by atoms with Crippen molar-refractivity contribution in [1.82, 2.24) is 5.32 Å². The van der Waals surface area contributed by atoms with Crippen LogP contribution < -0.4 is 16.0 Å².